The molecule has 0 atom stereocenters. The van der Waals surface area contributed by atoms with Gasteiger partial charge in [0, 0.05) is 25.0 Å². The first-order valence-corrected chi connectivity index (χ1v) is 11.2. The highest BCUT2D eigenvalue weighted by atomic mass is 32.2. The normalized spacial score (nSPS) is 11.2. The lowest BCUT2D eigenvalue weighted by Crippen LogP contribution is -2.21. The van der Waals surface area contributed by atoms with Crippen molar-refractivity contribution >= 4 is 32.6 Å². The summed E-state index contributed by atoms with van der Waals surface area (Å²) in [6, 6.07) is 10.7. The fourth-order valence-corrected chi connectivity index (χ4v) is 3.79. The molecule has 0 unspecified atom stereocenters. The van der Waals surface area contributed by atoms with Crippen molar-refractivity contribution in [1.82, 2.24) is 0 Å². The maximum Gasteiger partial charge on any atom is 0.215 e. The molecule has 2 aromatic carbocycles. The first-order valence-electron chi connectivity index (χ1n) is 9.11. The predicted molar refractivity (Wildman–Crippen MR) is 115 cm³/mol. The third kappa shape index (κ3) is 5.63. The summed E-state index contributed by atoms with van der Waals surface area (Å²) in [7, 11) is -3.29. The highest BCUT2D eigenvalue weighted by molar-refractivity contribution is 7.89. The Labute approximate surface area is 172 Å². The Morgan fingerprint density at radius 1 is 1.17 bits per heavy atom. The zero-order valence-corrected chi connectivity index (χ0v) is 17.8. The Hall–Kier alpha value is -3.23. The van der Waals surface area contributed by atoms with E-state index in [0.717, 1.165) is 24.3 Å². The molecule has 0 aliphatic heterocycles. The zero-order chi connectivity index (χ0) is 21.6. The van der Waals surface area contributed by atoms with Crippen molar-refractivity contribution in [3.63, 3.8) is 0 Å². The lowest BCUT2D eigenvalue weighted by atomic mass is 10.1. The number of aryl methyl sites for hydroxylation is 1. The third-order valence-corrected chi connectivity index (χ3v) is 5.18. The van der Waals surface area contributed by atoms with Gasteiger partial charge in [0.2, 0.25) is 5.69 Å². The Balaban J connectivity index is 2.58. The summed E-state index contributed by atoms with van der Waals surface area (Å²) in [5.41, 5.74) is 3.28. The minimum absolute atomic E-state index is 0.175. The predicted octanol–water partition coefficient (Wildman–Crippen LogP) is 5.22. The molecule has 0 saturated carbocycles. The van der Waals surface area contributed by atoms with Gasteiger partial charge in [-0.2, -0.15) is 15.5 Å². The molecule has 7 nitrogen and oxygen atoms in total. The van der Waals surface area contributed by atoms with Crippen LogP contribution < -0.4 is 4.90 Å². The summed E-state index contributed by atoms with van der Waals surface area (Å²) >= 11 is 0. The second kappa shape index (κ2) is 9.31. The van der Waals surface area contributed by atoms with Crippen molar-refractivity contribution in [3.05, 3.63) is 58.4 Å². The maximum atomic E-state index is 11.9. The number of hydrogen-bond donors (Lipinski definition) is 0. The second-order valence-corrected chi connectivity index (χ2v) is 8.80. The summed E-state index contributed by atoms with van der Waals surface area (Å²) in [4.78, 5) is 5.54. The number of benzene rings is 2. The molecule has 0 N–H and O–H groups in total. The number of azo groups is 1. The highest BCUT2D eigenvalue weighted by Gasteiger charge is 2.14. The SMILES string of the molecule is [C-]#[N+]c1cc(C)cc(C#N)c1N=Nc1ccc(N(CC)CC)cc1CS(C)(=O)=O. The van der Waals surface area contributed by atoms with E-state index in [4.69, 9.17) is 6.57 Å². The standard InChI is InChI=1S/C21H23N5O2S/c1-6-26(7-2)18-8-9-19(17(12-18)14-29(5,27)28)24-25-21-16(13-22)10-15(3)11-20(21)23-4/h8-12H,6-7,14H2,1-3,5H3. The van der Waals surface area contributed by atoms with E-state index in [-0.39, 0.29) is 22.7 Å². The van der Waals surface area contributed by atoms with E-state index in [1.165, 1.54) is 6.26 Å². The van der Waals surface area contributed by atoms with E-state index in [9.17, 15) is 13.7 Å². The van der Waals surface area contributed by atoms with Crippen LogP contribution in [0.2, 0.25) is 0 Å². The van der Waals surface area contributed by atoms with Crippen LogP contribution in [0, 0.1) is 24.8 Å². The number of nitriles is 1. The van der Waals surface area contributed by atoms with Crippen molar-refractivity contribution < 1.29 is 8.42 Å². The van der Waals surface area contributed by atoms with Crippen LogP contribution >= 0.6 is 0 Å². The zero-order valence-electron chi connectivity index (χ0n) is 17.0. The summed E-state index contributed by atoms with van der Waals surface area (Å²) in [5, 5.41) is 17.7. The Morgan fingerprint density at radius 2 is 1.86 bits per heavy atom. The molecule has 0 amide bonds. The van der Waals surface area contributed by atoms with Crippen molar-refractivity contribution in [3.8, 4) is 6.07 Å². The van der Waals surface area contributed by atoms with E-state index < -0.39 is 9.84 Å². The Morgan fingerprint density at radius 3 is 2.41 bits per heavy atom. The van der Waals surface area contributed by atoms with E-state index >= 15 is 0 Å². The first-order chi connectivity index (χ1) is 13.7. The molecule has 0 saturated heterocycles. The molecule has 0 aromatic heterocycles. The Kier molecular flexibility index (Phi) is 7.08. The van der Waals surface area contributed by atoms with Gasteiger partial charge in [0.15, 0.2) is 9.84 Å². The van der Waals surface area contributed by atoms with Crippen LogP contribution in [0.1, 0.15) is 30.5 Å². The first kappa shape index (κ1) is 22.1. The van der Waals surface area contributed by atoms with Gasteiger partial charge < -0.3 is 4.90 Å². The van der Waals surface area contributed by atoms with Gasteiger partial charge in [0.25, 0.3) is 0 Å². The van der Waals surface area contributed by atoms with Gasteiger partial charge in [-0.1, -0.05) is 11.6 Å². The van der Waals surface area contributed by atoms with Crippen LogP contribution in [0.4, 0.5) is 22.7 Å². The summed E-state index contributed by atoms with van der Waals surface area (Å²) in [5.74, 6) is -0.175. The van der Waals surface area contributed by atoms with E-state index in [1.54, 1.807) is 31.2 Å². The van der Waals surface area contributed by atoms with Crippen LogP contribution in [0.5, 0.6) is 0 Å². The van der Waals surface area contributed by atoms with Crippen LogP contribution in [-0.4, -0.2) is 27.8 Å². The molecule has 2 aromatic rings. The molecule has 29 heavy (non-hydrogen) atoms. The van der Waals surface area contributed by atoms with E-state index in [0.29, 0.717) is 11.3 Å². The van der Waals surface area contributed by atoms with Crippen molar-refractivity contribution in [2.45, 2.75) is 26.5 Å². The lowest BCUT2D eigenvalue weighted by Gasteiger charge is -2.22. The molecule has 150 valence electrons. The number of hydrogen-bond acceptors (Lipinski definition) is 6. The molecule has 0 bridgehead atoms. The van der Waals surface area contributed by atoms with Gasteiger partial charge in [-0.05, 0) is 50.6 Å². The van der Waals surface area contributed by atoms with Crippen molar-refractivity contribution in [2.75, 3.05) is 24.2 Å². The molecule has 0 aliphatic rings. The molecule has 2 rings (SSSR count). The number of anilines is 1. The average molecular weight is 410 g/mol. The monoisotopic (exact) mass is 409 g/mol. The molecule has 0 heterocycles. The quantitative estimate of drug-likeness (QED) is 0.463. The number of nitrogens with zero attached hydrogens (tertiary/aromatic N) is 5. The van der Waals surface area contributed by atoms with Gasteiger partial charge in [-0.15, -0.1) is 0 Å². The molecule has 0 aliphatic carbocycles. The highest BCUT2D eigenvalue weighted by Crippen LogP contribution is 2.35. The molecule has 0 fully saturated rings. The van der Waals surface area contributed by atoms with Gasteiger partial charge in [0.1, 0.15) is 11.8 Å². The van der Waals surface area contributed by atoms with Gasteiger partial charge in [-0.3, -0.25) is 0 Å². The van der Waals surface area contributed by atoms with Gasteiger partial charge in [-0.25, -0.2) is 13.3 Å². The number of sulfone groups is 1. The van der Waals surface area contributed by atoms with Crippen LogP contribution in [0.3, 0.4) is 0 Å². The summed E-state index contributed by atoms with van der Waals surface area (Å²) < 4.78 is 23.8. The largest absolute Gasteiger partial charge is 0.372 e. The van der Waals surface area contributed by atoms with E-state index in [2.05, 4.69) is 20.0 Å². The molecular formula is C21H23N5O2S. The average Bonchev–Trinajstić information content (AvgIpc) is 2.67. The fourth-order valence-electron chi connectivity index (χ4n) is 2.99. The summed E-state index contributed by atoms with van der Waals surface area (Å²) in [6.07, 6.45) is 1.17. The topological polar surface area (TPSA) is 90.2 Å². The molecular weight excluding hydrogens is 386 g/mol. The fraction of sp³-hybridized carbons (Fsp3) is 0.333. The molecule has 0 radical (unpaired) electrons. The number of rotatable bonds is 7. The molecule has 0 spiro atoms. The van der Waals surface area contributed by atoms with Crippen molar-refractivity contribution in [1.29, 1.82) is 5.26 Å². The van der Waals surface area contributed by atoms with Gasteiger partial charge >= 0.3 is 0 Å². The van der Waals surface area contributed by atoms with Gasteiger partial charge in [0.05, 0.1) is 23.6 Å². The molecule has 8 heteroatoms. The lowest BCUT2D eigenvalue weighted by molar-refractivity contribution is 0.601. The summed E-state index contributed by atoms with van der Waals surface area (Å²) in [6.45, 7) is 14.8. The minimum Gasteiger partial charge on any atom is -0.372 e. The van der Waals surface area contributed by atoms with E-state index in [1.807, 2.05) is 26.0 Å². The smallest absolute Gasteiger partial charge is 0.215 e. The maximum absolute atomic E-state index is 11.9. The van der Waals surface area contributed by atoms with Crippen LogP contribution in [0.15, 0.2) is 40.6 Å². The van der Waals surface area contributed by atoms with Crippen molar-refractivity contribution in [2.24, 2.45) is 10.2 Å². The Bertz CT molecular complexity index is 1090. The minimum atomic E-state index is -3.29. The van der Waals surface area contributed by atoms with Crippen LogP contribution in [-0.2, 0) is 15.6 Å². The third-order valence-electron chi connectivity index (χ3n) is 4.34. The second-order valence-electron chi connectivity index (χ2n) is 6.66. The van der Waals surface area contributed by atoms with Crippen LogP contribution in [0.25, 0.3) is 4.85 Å².